The number of nitrogen functional groups attached to an aromatic ring is 1. The molecule has 0 bridgehead atoms. The van der Waals surface area contributed by atoms with Crippen LogP contribution in [-0.4, -0.2) is 10.1 Å². The van der Waals surface area contributed by atoms with Crippen molar-refractivity contribution < 1.29 is 4.52 Å². The highest BCUT2D eigenvalue weighted by Gasteiger charge is 2.18. The van der Waals surface area contributed by atoms with E-state index in [0.29, 0.717) is 11.6 Å². The molecular weight excluding hydrogens is 314 g/mol. The third-order valence-corrected chi connectivity index (χ3v) is 3.81. The van der Waals surface area contributed by atoms with E-state index in [9.17, 15) is 0 Å². The van der Waals surface area contributed by atoms with Crippen LogP contribution in [0.15, 0.2) is 45.0 Å². The summed E-state index contributed by atoms with van der Waals surface area (Å²) in [6, 6.07) is 7.85. The van der Waals surface area contributed by atoms with E-state index < -0.39 is 0 Å². The standard InChI is InChI=1S/C12H8BrN3OS/c13-8-3-1-7(2-4-8)10-11(17-16-12(10)14)9-5-15-6-18-9/h1-6H,(H2,14,16). The number of hydrogen-bond acceptors (Lipinski definition) is 5. The number of anilines is 1. The zero-order valence-electron chi connectivity index (χ0n) is 9.13. The van der Waals surface area contributed by atoms with Crippen LogP contribution >= 0.6 is 27.3 Å². The predicted octanol–water partition coefficient (Wildman–Crippen LogP) is 3.81. The molecule has 0 unspecified atom stereocenters. The summed E-state index contributed by atoms with van der Waals surface area (Å²) in [5, 5.41) is 3.84. The van der Waals surface area contributed by atoms with Gasteiger partial charge in [0.15, 0.2) is 11.6 Å². The lowest BCUT2D eigenvalue weighted by Crippen LogP contribution is -1.88. The minimum atomic E-state index is 0.390. The monoisotopic (exact) mass is 321 g/mol. The average molecular weight is 322 g/mol. The van der Waals surface area contributed by atoms with E-state index in [-0.39, 0.29) is 0 Å². The van der Waals surface area contributed by atoms with Crippen molar-refractivity contribution in [3.8, 4) is 21.8 Å². The van der Waals surface area contributed by atoms with Gasteiger partial charge in [-0.15, -0.1) is 11.3 Å². The molecule has 0 aliphatic rings. The number of halogens is 1. The van der Waals surface area contributed by atoms with Gasteiger partial charge >= 0.3 is 0 Å². The van der Waals surface area contributed by atoms with Crippen LogP contribution in [-0.2, 0) is 0 Å². The van der Waals surface area contributed by atoms with Gasteiger partial charge in [0.05, 0.1) is 16.0 Å². The molecule has 0 saturated carbocycles. The Balaban J connectivity index is 2.17. The van der Waals surface area contributed by atoms with Crippen molar-refractivity contribution >= 4 is 33.1 Å². The molecular formula is C12H8BrN3OS. The van der Waals surface area contributed by atoms with Gasteiger partial charge in [0.1, 0.15) is 0 Å². The molecule has 0 radical (unpaired) electrons. The average Bonchev–Trinajstić information content (AvgIpc) is 2.99. The van der Waals surface area contributed by atoms with Crippen LogP contribution in [0.1, 0.15) is 0 Å². The highest BCUT2D eigenvalue weighted by atomic mass is 79.9. The predicted molar refractivity (Wildman–Crippen MR) is 75.2 cm³/mol. The van der Waals surface area contributed by atoms with Gasteiger partial charge in [0.25, 0.3) is 0 Å². The first-order valence-electron chi connectivity index (χ1n) is 5.15. The van der Waals surface area contributed by atoms with Gasteiger partial charge in [0, 0.05) is 10.7 Å². The van der Waals surface area contributed by atoms with Crippen molar-refractivity contribution in [2.75, 3.05) is 5.73 Å². The van der Waals surface area contributed by atoms with Crippen molar-refractivity contribution in [3.63, 3.8) is 0 Å². The van der Waals surface area contributed by atoms with E-state index in [2.05, 4.69) is 26.1 Å². The Morgan fingerprint density at radius 3 is 2.67 bits per heavy atom. The van der Waals surface area contributed by atoms with Crippen molar-refractivity contribution in [2.24, 2.45) is 0 Å². The van der Waals surface area contributed by atoms with E-state index in [1.807, 2.05) is 24.3 Å². The molecule has 0 fully saturated rings. The SMILES string of the molecule is Nc1noc(-c2cncs2)c1-c1ccc(Br)cc1. The van der Waals surface area contributed by atoms with E-state index in [1.54, 1.807) is 11.7 Å². The fraction of sp³-hybridized carbons (Fsp3) is 0. The van der Waals surface area contributed by atoms with Gasteiger partial charge in [-0.25, -0.2) is 0 Å². The smallest absolute Gasteiger partial charge is 0.188 e. The van der Waals surface area contributed by atoms with Gasteiger partial charge in [-0.3, -0.25) is 4.98 Å². The number of aromatic nitrogens is 2. The zero-order chi connectivity index (χ0) is 12.5. The highest BCUT2D eigenvalue weighted by Crippen LogP contribution is 2.38. The van der Waals surface area contributed by atoms with Crippen LogP contribution in [0.25, 0.3) is 21.8 Å². The molecule has 3 aromatic rings. The molecule has 2 N–H and O–H groups in total. The second kappa shape index (κ2) is 4.55. The maximum Gasteiger partial charge on any atom is 0.188 e. The Hall–Kier alpha value is -1.66. The Morgan fingerprint density at radius 2 is 2.00 bits per heavy atom. The minimum Gasteiger partial charge on any atom is -0.380 e. The summed E-state index contributed by atoms with van der Waals surface area (Å²) < 4.78 is 6.32. The van der Waals surface area contributed by atoms with Crippen LogP contribution in [0, 0.1) is 0 Å². The number of nitrogens with zero attached hydrogens (tertiary/aromatic N) is 2. The lowest BCUT2D eigenvalue weighted by molar-refractivity contribution is 0.437. The summed E-state index contributed by atoms with van der Waals surface area (Å²) in [6.07, 6.45) is 1.74. The van der Waals surface area contributed by atoms with E-state index >= 15 is 0 Å². The first-order valence-corrected chi connectivity index (χ1v) is 6.83. The molecule has 3 rings (SSSR count). The van der Waals surface area contributed by atoms with E-state index in [1.165, 1.54) is 11.3 Å². The Bertz CT molecular complexity index is 661. The largest absolute Gasteiger partial charge is 0.380 e. The summed E-state index contributed by atoms with van der Waals surface area (Å²) in [5.41, 5.74) is 9.42. The third-order valence-electron chi connectivity index (χ3n) is 2.51. The first kappa shape index (κ1) is 11.4. The Kier molecular flexibility index (Phi) is 2.89. The van der Waals surface area contributed by atoms with Crippen molar-refractivity contribution in [2.45, 2.75) is 0 Å². The third kappa shape index (κ3) is 1.93. The molecule has 6 heteroatoms. The van der Waals surface area contributed by atoms with Crippen LogP contribution in [0.2, 0.25) is 0 Å². The highest BCUT2D eigenvalue weighted by molar-refractivity contribution is 9.10. The maximum absolute atomic E-state index is 5.89. The van der Waals surface area contributed by atoms with Crippen molar-refractivity contribution in [1.82, 2.24) is 10.1 Å². The van der Waals surface area contributed by atoms with E-state index in [4.69, 9.17) is 10.3 Å². The maximum atomic E-state index is 5.89. The van der Waals surface area contributed by atoms with Crippen LogP contribution < -0.4 is 5.73 Å². The quantitative estimate of drug-likeness (QED) is 0.779. The number of rotatable bonds is 2. The molecule has 0 aliphatic heterocycles. The fourth-order valence-corrected chi connectivity index (χ4v) is 2.56. The van der Waals surface area contributed by atoms with Gasteiger partial charge in [-0.2, -0.15) is 0 Å². The first-order chi connectivity index (χ1) is 8.75. The Morgan fingerprint density at radius 1 is 1.22 bits per heavy atom. The summed E-state index contributed by atoms with van der Waals surface area (Å²) in [4.78, 5) is 4.95. The van der Waals surface area contributed by atoms with Crippen LogP contribution in [0.3, 0.4) is 0 Å². The van der Waals surface area contributed by atoms with Gasteiger partial charge in [0.2, 0.25) is 0 Å². The number of hydrogen-bond donors (Lipinski definition) is 1. The molecule has 0 aliphatic carbocycles. The molecule has 0 spiro atoms. The molecule has 0 saturated heterocycles. The molecule has 0 amide bonds. The molecule has 2 aromatic heterocycles. The molecule has 90 valence electrons. The fourth-order valence-electron chi connectivity index (χ4n) is 1.69. The number of thiazole rings is 1. The van der Waals surface area contributed by atoms with Gasteiger partial charge in [-0.05, 0) is 17.7 Å². The van der Waals surface area contributed by atoms with Crippen LogP contribution in [0.5, 0.6) is 0 Å². The van der Waals surface area contributed by atoms with Crippen molar-refractivity contribution in [1.29, 1.82) is 0 Å². The second-order valence-corrected chi connectivity index (χ2v) is 5.45. The summed E-state index contributed by atoms with van der Waals surface area (Å²) in [5.74, 6) is 1.05. The van der Waals surface area contributed by atoms with Crippen LogP contribution in [0.4, 0.5) is 5.82 Å². The normalized spacial score (nSPS) is 10.7. The molecule has 1 aromatic carbocycles. The number of benzene rings is 1. The molecule has 2 heterocycles. The minimum absolute atomic E-state index is 0.390. The van der Waals surface area contributed by atoms with E-state index in [0.717, 1.165) is 20.5 Å². The lowest BCUT2D eigenvalue weighted by atomic mass is 10.1. The Labute approximate surface area is 116 Å². The van der Waals surface area contributed by atoms with Crippen molar-refractivity contribution in [3.05, 3.63) is 40.4 Å². The lowest BCUT2D eigenvalue weighted by Gasteiger charge is -2.01. The topological polar surface area (TPSA) is 64.9 Å². The molecule has 0 atom stereocenters. The summed E-state index contributed by atoms with van der Waals surface area (Å²) in [7, 11) is 0. The second-order valence-electron chi connectivity index (χ2n) is 3.64. The number of nitrogens with two attached hydrogens (primary N) is 1. The summed E-state index contributed by atoms with van der Waals surface area (Å²) >= 11 is 4.90. The molecule has 4 nitrogen and oxygen atoms in total. The summed E-state index contributed by atoms with van der Waals surface area (Å²) in [6.45, 7) is 0. The van der Waals surface area contributed by atoms with Gasteiger partial charge < -0.3 is 10.3 Å². The molecule has 18 heavy (non-hydrogen) atoms. The van der Waals surface area contributed by atoms with Gasteiger partial charge in [-0.1, -0.05) is 33.2 Å². The zero-order valence-corrected chi connectivity index (χ0v) is 11.5.